The van der Waals surface area contributed by atoms with Crippen molar-refractivity contribution in [2.24, 2.45) is 0 Å². The van der Waals surface area contributed by atoms with Gasteiger partial charge in [0.25, 0.3) is 0 Å². The van der Waals surface area contributed by atoms with Crippen LogP contribution in [0, 0.1) is 0 Å². The number of nitrogens with zero attached hydrogens (tertiary/aromatic N) is 10. The molecule has 7 rings (SSSR count). The average Bonchev–Trinajstić information content (AvgIpc) is 3.09. The van der Waals surface area contributed by atoms with Gasteiger partial charge in [-0.2, -0.15) is 0 Å². The molecule has 0 bridgehead atoms. The fourth-order valence-corrected chi connectivity index (χ4v) is 4.25. The van der Waals surface area contributed by atoms with Gasteiger partial charge in [-0.25, -0.2) is 29.9 Å². The van der Waals surface area contributed by atoms with Gasteiger partial charge in [0.15, 0.2) is 34.9 Å². The summed E-state index contributed by atoms with van der Waals surface area (Å²) < 4.78 is 0. The van der Waals surface area contributed by atoms with E-state index in [0.717, 1.165) is 11.1 Å². The quantitative estimate of drug-likeness (QED) is 0.259. The SMILES string of the molecule is c1ccc(-c2nc(-c3cccc(-c4nc(-c5ccccn5)nc(-c5ccccn5)n4)c3)nc(-c3ccccn3)n2)nc1. The van der Waals surface area contributed by atoms with E-state index in [4.69, 9.17) is 19.9 Å². The smallest absolute Gasteiger partial charge is 0.182 e. The molecule has 0 saturated carbocycles. The summed E-state index contributed by atoms with van der Waals surface area (Å²) in [7, 11) is 0. The molecular weight excluding hydrogens is 524 g/mol. The molecule has 0 fully saturated rings. The van der Waals surface area contributed by atoms with E-state index in [1.54, 1.807) is 24.8 Å². The van der Waals surface area contributed by atoms with Gasteiger partial charge in [-0.15, -0.1) is 0 Å². The molecule has 0 spiro atoms. The van der Waals surface area contributed by atoms with Crippen molar-refractivity contribution in [2.75, 3.05) is 0 Å². The molecule has 198 valence electrons. The topological polar surface area (TPSA) is 129 Å². The largest absolute Gasteiger partial charge is 0.253 e. The lowest BCUT2D eigenvalue weighted by atomic mass is 10.1. The van der Waals surface area contributed by atoms with Crippen LogP contribution >= 0.6 is 0 Å². The van der Waals surface area contributed by atoms with Crippen LogP contribution in [0.1, 0.15) is 0 Å². The molecule has 0 saturated heterocycles. The first-order valence-corrected chi connectivity index (χ1v) is 13.1. The van der Waals surface area contributed by atoms with E-state index < -0.39 is 0 Å². The van der Waals surface area contributed by atoms with E-state index in [1.807, 2.05) is 97.1 Å². The van der Waals surface area contributed by atoms with Crippen molar-refractivity contribution in [3.8, 4) is 68.8 Å². The van der Waals surface area contributed by atoms with Crippen molar-refractivity contribution >= 4 is 0 Å². The number of rotatable bonds is 6. The number of pyridine rings is 4. The van der Waals surface area contributed by atoms with Crippen molar-refractivity contribution in [3.63, 3.8) is 0 Å². The van der Waals surface area contributed by atoms with Crippen molar-refractivity contribution in [1.82, 2.24) is 49.8 Å². The normalized spacial score (nSPS) is 10.9. The fourth-order valence-electron chi connectivity index (χ4n) is 4.25. The third-order valence-corrected chi connectivity index (χ3v) is 6.23. The molecule has 0 atom stereocenters. The highest BCUT2D eigenvalue weighted by Gasteiger charge is 2.16. The van der Waals surface area contributed by atoms with Gasteiger partial charge in [-0.05, 0) is 54.6 Å². The second-order valence-corrected chi connectivity index (χ2v) is 9.05. The molecule has 10 heteroatoms. The Hall–Kier alpha value is -6.16. The van der Waals surface area contributed by atoms with E-state index in [9.17, 15) is 0 Å². The summed E-state index contributed by atoms with van der Waals surface area (Å²) in [5.74, 6) is 2.72. The van der Waals surface area contributed by atoms with Crippen molar-refractivity contribution in [2.45, 2.75) is 0 Å². The Morgan fingerprint density at radius 3 is 0.881 bits per heavy atom. The Kier molecular flexibility index (Phi) is 6.59. The Morgan fingerprint density at radius 1 is 0.286 bits per heavy atom. The molecule has 1 aromatic carbocycles. The van der Waals surface area contributed by atoms with Crippen molar-refractivity contribution in [1.29, 1.82) is 0 Å². The lowest BCUT2D eigenvalue weighted by molar-refractivity contribution is 1.04. The van der Waals surface area contributed by atoms with Gasteiger partial charge < -0.3 is 0 Å². The maximum Gasteiger partial charge on any atom is 0.182 e. The second-order valence-electron chi connectivity index (χ2n) is 9.05. The molecular formula is C32H20N10. The zero-order valence-electron chi connectivity index (χ0n) is 22.0. The zero-order valence-corrected chi connectivity index (χ0v) is 22.0. The summed E-state index contributed by atoms with van der Waals surface area (Å²) in [5.41, 5.74) is 4.03. The lowest BCUT2D eigenvalue weighted by Crippen LogP contribution is -2.03. The monoisotopic (exact) mass is 544 g/mol. The van der Waals surface area contributed by atoms with Crippen LogP contribution < -0.4 is 0 Å². The second kappa shape index (κ2) is 11.1. The van der Waals surface area contributed by atoms with Crippen LogP contribution in [0.5, 0.6) is 0 Å². The minimum absolute atomic E-state index is 0.446. The third-order valence-electron chi connectivity index (χ3n) is 6.23. The molecule has 0 unspecified atom stereocenters. The van der Waals surface area contributed by atoms with E-state index in [2.05, 4.69) is 29.9 Å². The van der Waals surface area contributed by atoms with Gasteiger partial charge in [0.05, 0.1) is 0 Å². The highest BCUT2D eigenvalue weighted by atomic mass is 15.1. The van der Waals surface area contributed by atoms with Gasteiger partial charge in [-0.3, -0.25) is 19.9 Å². The Morgan fingerprint density at radius 2 is 0.595 bits per heavy atom. The summed E-state index contributed by atoms with van der Waals surface area (Å²) in [6.07, 6.45) is 6.83. The van der Waals surface area contributed by atoms with Crippen LogP contribution in [0.4, 0.5) is 0 Å². The van der Waals surface area contributed by atoms with E-state index in [0.29, 0.717) is 57.7 Å². The first-order valence-electron chi connectivity index (χ1n) is 13.1. The van der Waals surface area contributed by atoms with Crippen molar-refractivity contribution < 1.29 is 0 Å². The predicted octanol–water partition coefficient (Wildman–Crippen LogP) is 5.64. The fraction of sp³-hybridized carbons (Fsp3) is 0. The first kappa shape index (κ1) is 24.9. The highest BCUT2D eigenvalue weighted by molar-refractivity contribution is 5.70. The molecule has 6 aromatic heterocycles. The Balaban J connectivity index is 1.37. The van der Waals surface area contributed by atoms with E-state index in [1.165, 1.54) is 0 Å². The number of aromatic nitrogens is 10. The summed E-state index contributed by atoms with van der Waals surface area (Å²) in [5, 5.41) is 0. The standard InChI is InChI=1S/C32H20N10/c1-5-16-33-23(12-1)29-37-27(38-30(41-29)24-13-2-6-17-34-24)21-10-9-11-22(20-21)28-39-31(25-14-3-7-18-35-25)42-32(40-28)26-15-4-8-19-36-26/h1-20H. The molecule has 42 heavy (non-hydrogen) atoms. The summed E-state index contributed by atoms with van der Waals surface area (Å²) >= 11 is 0. The maximum absolute atomic E-state index is 4.78. The number of hydrogen-bond donors (Lipinski definition) is 0. The van der Waals surface area contributed by atoms with Gasteiger partial charge in [0.1, 0.15) is 22.8 Å². The number of benzene rings is 1. The van der Waals surface area contributed by atoms with E-state index in [-0.39, 0.29) is 0 Å². The third kappa shape index (κ3) is 5.19. The van der Waals surface area contributed by atoms with Crippen LogP contribution in [-0.4, -0.2) is 49.8 Å². The molecule has 0 radical (unpaired) electrons. The minimum atomic E-state index is 0.446. The molecule has 10 nitrogen and oxygen atoms in total. The number of hydrogen-bond acceptors (Lipinski definition) is 10. The van der Waals surface area contributed by atoms with Crippen LogP contribution in [0.3, 0.4) is 0 Å². The molecule has 0 aliphatic carbocycles. The van der Waals surface area contributed by atoms with Gasteiger partial charge >= 0.3 is 0 Å². The van der Waals surface area contributed by atoms with Crippen LogP contribution in [-0.2, 0) is 0 Å². The zero-order chi connectivity index (χ0) is 28.1. The Labute approximate surface area is 240 Å². The van der Waals surface area contributed by atoms with E-state index >= 15 is 0 Å². The maximum atomic E-state index is 4.78. The molecule has 0 aliphatic rings. The van der Waals surface area contributed by atoms with Gasteiger partial charge in [0, 0.05) is 35.9 Å². The summed E-state index contributed by atoms with van der Waals surface area (Å²) in [6.45, 7) is 0. The molecule has 0 amide bonds. The van der Waals surface area contributed by atoms with Gasteiger partial charge in [-0.1, -0.05) is 42.5 Å². The molecule has 6 heterocycles. The molecule has 0 N–H and O–H groups in total. The predicted molar refractivity (Wildman–Crippen MR) is 157 cm³/mol. The van der Waals surface area contributed by atoms with Crippen LogP contribution in [0.25, 0.3) is 68.8 Å². The van der Waals surface area contributed by atoms with Crippen LogP contribution in [0.15, 0.2) is 122 Å². The highest BCUT2D eigenvalue weighted by Crippen LogP contribution is 2.28. The van der Waals surface area contributed by atoms with Crippen LogP contribution in [0.2, 0.25) is 0 Å². The molecule has 0 aliphatic heterocycles. The summed E-state index contributed by atoms with van der Waals surface area (Å²) in [6, 6.07) is 30.2. The van der Waals surface area contributed by atoms with Gasteiger partial charge in [0.2, 0.25) is 0 Å². The first-order chi connectivity index (χ1) is 20.8. The summed E-state index contributed by atoms with van der Waals surface area (Å²) in [4.78, 5) is 46.3. The minimum Gasteiger partial charge on any atom is -0.253 e. The Bertz CT molecular complexity index is 1710. The average molecular weight is 545 g/mol. The van der Waals surface area contributed by atoms with Crippen molar-refractivity contribution in [3.05, 3.63) is 122 Å². The lowest BCUT2D eigenvalue weighted by Gasteiger charge is -2.10. The molecule has 7 aromatic rings.